The summed E-state index contributed by atoms with van der Waals surface area (Å²) in [6, 6.07) is 14.9. The second-order valence-corrected chi connectivity index (χ2v) is 7.34. The van der Waals surface area contributed by atoms with Gasteiger partial charge in [-0.1, -0.05) is 35.9 Å². The molecule has 2 aromatic carbocycles. The van der Waals surface area contributed by atoms with E-state index in [0.717, 1.165) is 16.3 Å². The molecule has 5 nitrogen and oxygen atoms in total. The van der Waals surface area contributed by atoms with Crippen molar-refractivity contribution in [3.63, 3.8) is 0 Å². The summed E-state index contributed by atoms with van der Waals surface area (Å²) in [5, 5.41) is 6.44. The Bertz CT molecular complexity index is 929. The summed E-state index contributed by atoms with van der Waals surface area (Å²) in [5.41, 5.74) is 2.54. The number of hydrogen-bond donors (Lipinski definition) is 1. The van der Waals surface area contributed by atoms with E-state index in [1.165, 1.54) is 0 Å². The molecule has 140 valence electrons. The number of hydrogen-bond acceptors (Lipinski definition) is 5. The summed E-state index contributed by atoms with van der Waals surface area (Å²) in [5.74, 6) is 0.614. The van der Waals surface area contributed by atoms with Gasteiger partial charge in [0, 0.05) is 29.2 Å². The summed E-state index contributed by atoms with van der Waals surface area (Å²) in [6.07, 6.45) is 0. The van der Waals surface area contributed by atoms with Crippen LogP contribution in [0, 0.1) is 0 Å². The minimum atomic E-state index is -0.0905. The highest BCUT2D eigenvalue weighted by Crippen LogP contribution is 2.30. The Morgan fingerprint density at radius 1 is 1.26 bits per heavy atom. The number of carbonyl (C=O) groups excluding carboxylic acids is 1. The Morgan fingerprint density at radius 3 is 2.85 bits per heavy atom. The lowest BCUT2D eigenvalue weighted by atomic mass is 10.2. The van der Waals surface area contributed by atoms with Crippen LogP contribution in [0.1, 0.15) is 5.69 Å². The number of benzene rings is 2. The van der Waals surface area contributed by atoms with Gasteiger partial charge in [0.15, 0.2) is 0 Å². The van der Waals surface area contributed by atoms with Gasteiger partial charge in [-0.25, -0.2) is 4.98 Å². The molecule has 0 unspecified atom stereocenters. The normalized spacial score (nSPS) is 10.8. The van der Waals surface area contributed by atoms with Gasteiger partial charge in [0.1, 0.15) is 10.8 Å². The van der Waals surface area contributed by atoms with Crippen LogP contribution in [0.15, 0.2) is 53.9 Å². The van der Waals surface area contributed by atoms with Crippen LogP contribution in [0.4, 0.5) is 5.69 Å². The zero-order valence-electron chi connectivity index (χ0n) is 15.1. The van der Waals surface area contributed by atoms with Gasteiger partial charge in [-0.3, -0.25) is 9.69 Å². The second kappa shape index (κ2) is 8.99. The van der Waals surface area contributed by atoms with E-state index >= 15 is 0 Å². The van der Waals surface area contributed by atoms with Gasteiger partial charge in [-0.15, -0.1) is 11.3 Å². The van der Waals surface area contributed by atoms with Crippen molar-refractivity contribution in [3.05, 3.63) is 64.6 Å². The second-order valence-electron chi connectivity index (χ2n) is 6.08. The molecule has 0 aliphatic carbocycles. The first-order chi connectivity index (χ1) is 13.0. The van der Waals surface area contributed by atoms with Gasteiger partial charge in [0.25, 0.3) is 0 Å². The molecule has 27 heavy (non-hydrogen) atoms. The molecule has 1 amide bonds. The SMILES string of the molecule is COc1cccc(NC(=O)CN(C)Cc2csc(-c3ccccc3Cl)n2)c1. The number of anilines is 1. The van der Waals surface area contributed by atoms with Crippen LogP contribution in [0.3, 0.4) is 0 Å². The number of amides is 1. The molecule has 0 bridgehead atoms. The lowest BCUT2D eigenvalue weighted by Crippen LogP contribution is -2.29. The van der Waals surface area contributed by atoms with Gasteiger partial charge >= 0.3 is 0 Å². The minimum absolute atomic E-state index is 0.0905. The van der Waals surface area contributed by atoms with Crippen LogP contribution in [-0.2, 0) is 11.3 Å². The van der Waals surface area contributed by atoms with Crippen LogP contribution in [0.5, 0.6) is 5.75 Å². The number of halogens is 1. The number of methoxy groups -OCH3 is 1. The fraction of sp³-hybridized carbons (Fsp3) is 0.200. The molecule has 0 aliphatic heterocycles. The zero-order valence-corrected chi connectivity index (χ0v) is 16.7. The molecule has 1 N–H and O–H groups in total. The number of aromatic nitrogens is 1. The predicted molar refractivity (Wildman–Crippen MR) is 111 cm³/mol. The summed E-state index contributed by atoms with van der Waals surface area (Å²) < 4.78 is 5.17. The van der Waals surface area contributed by atoms with Crippen molar-refractivity contribution in [2.45, 2.75) is 6.54 Å². The third kappa shape index (κ3) is 5.29. The number of rotatable bonds is 7. The monoisotopic (exact) mass is 401 g/mol. The Kier molecular flexibility index (Phi) is 6.45. The molecule has 0 spiro atoms. The zero-order chi connectivity index (χ0) is 19.2. The number of carbonyl (C=O) groups is 1. The molecule has 3 rings (SSSR count). The molecule has 0 saturated carbocycles. The molecule has 0 fully saturated rings. The predicted octanol–water partition coefficient (Wildman–Crippen LogP) is 4.54. The van der Waals surface area contributed by atoms with Crippen molar-refractivity contribution in [1.29, 1.82) is 0 Å². The summed E-state index contributed by atoms with van der Waals surface area (Å²) in [6.45, 7) is 0.836. The maximum Gasteiger partial charge on any atom is 0.238 e. The maximum absolute atomic E-state index is 12.3. The lowest BCUT2D eigenvalue weighted by molar-refractivity contribution is -0.117. The highest BCUT2D eigenvalue weighted by atomic mass is 35.5. The largest absolute Gasteiger partial charge is 0.497 e. The molecular weight excluding hydrogens is 382 g/mol. The number of nitrogens with zero attached hydrogens (tertiary/aromatic N) is 2. The van der Waals surface area contributed by atoms with E-state index in [1.807, 2.05) is 59.8 Å². The Hall–Kier alpha value is -2.41. The van der Waals surface area contributed by atoms with Crippen LogP contribution in [0.25, 0.3) is 10.6 Å². The average molecular weight is 402 g/mol. The molecule has 0 atom stereocenters. The van der Waals surface area contributed by atoms with E-state index < -0.39 is 0 Å². The Balaban J connectivity index is 1.57. The highest BCUT2D eigenvalue weighted by Gasteiger charge is 2.12. The summed E-state index contributed by atoms with van der Waals surface area (Å²) >= 11 is 7.78. The van der Waals surface area contributed by atoms with Crippen LogP contribution >= 0.6 is 22.9 Å². The number of nitrogens with one attached hydrogen (secondary N) is 1. The molecule has 1 aromatic heterocycles. The third-order valence-electron chi connectivity index (χ3n) is 3.85. The summed E-state index contributed by atoms with van der Waals surface area (Å²) in [4.78, 5) is 18.8. The maximum atomic E-state index is 12.3. The first kappa shape index (κ1) is 19.4. The van der Waals surface area contributed by atoms with Crippen LogP contribution < -0.4 is 10.1 Å². The van der Waals surface area contributed by atoms with Crippen LogP contribution in [-0.4, -0.2) is 36.5 Å². The first-order valence-corrected chi connectivity index (χ1v) is 9.62. The van der Waals surface area contributed by atoms with Crippen molar-refractivity contribution in [2.75, 3.05) is 26.0 Å². The van der Waals surface area contributed by atoms with Gasteiger partial charge in [-0.05, 0) is 25.2 Å². The third-order valence-corrected chi connectivity index (χ3v) is 5.11. The fourth-order valence-electron chi connectivity index (χ4n) is 2.62. The minimum Gasteiger partial charge on any atom is -0.497 e. The fourth-order valence-corrected chi connectivity index (χ4v) is 3.75. The van der Waals surface area contributed by atoms with E-state index in [1.54, 1.807) is 24.5 Å². The first-order valence-electron chi connectivity index (χ1n) is 8.37. The molecule has 1 heterocycles. The topological polar surface area (TPSA) is 54.5 Å². The molecule has 0 aliphatic rings. The number of thiazole rings is 1. The van der Waals surface area contributed by atoms with E-state index in [4.69, 9.17) is 16.3 Å². The molecule has 7 heteroatoms. The van der Waals surface area contributed by atoms with Crippen molar-refractivity contribution in [3.8, 4) is 16.3 Å². The van der Waals surface area contributed by atoms with E-state index in [0.29, 0.717) is 23.0 Å². The van der Waals surface area contributed by atoms with Gasteiger partial charge in [0.2, 0.25) is 5.91 Å². The van der Waals surface area contributed by atoms with Gasteiger partial charge in [0.05, 0.1) is 24.4 Å². The Morgan fingerprint density at radius 2 is 2.07 bits per heavy atom. The van der Waals surface area contributed by atoms with Crippen LogP contribution in [0.2, 0.25) is 5.02 Å². The highest BCUT2D eigenvalue weighted by molar-refractivity contribution is 7.13. The van der Waals surface area contributed by atoms with Crippen molar-refractivity contribution in [1.82, 2.24) is 9.88 Å². The average Bonchev–Trinajstić information content (AvgIpc) is 3.10. The smallest absolute Gasteiger partial charge is 0.238 e. The number of likely N-dealkylation sites (N-methyl/N-ethyl adjacent to an activating group) is 1. The number of ether oxygens (including phenoxy) is 1. The molecular formula is C20H20ClN3O2S. The van der Waals surface area contributed by atoms with E-state index in [2.05, 4.69) is 10.3 Å². The van der Waals surface area contributed by atoms with E-state index in [9.17, 15) is 4.79 Å². The van der Waals surface area contributed by atoms with Gasteiger partial charge in [-0.2, -0.15) is 0 Å². The molecule has 0 radical (unpaired) electrons. The quantitative estimate of drug-likeness (QED) is 0.631. The Labute approximate surface area is 167 Å². The van der Waals surface area contributed by atoms with Gasteiger partial charge < -0.3 is 10.1 Å². The standard InChI is InChI=1S/C20H20ClN3O2S/c1-24(12-19(25)22-14-6-5-7-16(10-14)26-2)11-15-13-27-20(23-15)17-8-3-4-9-18(17)21/h3-10,13H,11-12H2,1-2H3,(H,22,25). The lowest BCUT2D eigenvalue weighted by Gasteiger charge is -2.15. The van der Waals surface area contributed by atoms with Crippen molar-refractivity contribution < 1.29 is 9.53 Å². The van der Waals surface area contributed by atoms with Crippen molar-refractivity contribution >= 4 is 34.5 Å². The molecule has 3 aromatic rings. The molecule has 0 saturated heterocycles. The van der Waals surface area contributed by atoms with E-state index in [-0.39, 0.29) is 12.5 Å². The summed E-state index contributed by atoms with van der Waals surface area (Å²) in [7, 11) is 3.49. The van der Waals surface area contributed by atoms with Crippen molar-refractivity contribution in [2.24, 2.45) is 0 Å².